The molecule has 0 aliphatic heterocycles. The van der Waals surface area contributed by atoms with E-state index in [9.17, 15) is 9.90 Å². The lowest BCUT2D eigenvalue weighted by molar-refractivity contribution is 0.0724. The number of anilines is 1. The van der Waals surface area contributed by atoms with Gasteiger partial charge in [-0.05, 0) is 37.8 Å². The number of benzene rings is 1. The summed E-state index contributed by atoms with van der Waals surface area (Å²) < 4.78 is 0. The number of nitrogens with two attached hydrogens (primary N) is 1. The second-order valence-corrected chi connectivity index (χ2v) is 4.74. The number of para-hydroxylation sites is 1. The van der Waals surface area contributed by atoms with Crippen LogP contribution in [0.2, 0.25) is 0 Å². The molecule has 0 bridgehead atoms. The minimum absolute atomic E-state index is 0.118. The molecule has 1 aromatic carbocycles. The lowest BCUT2D eigenvalue weighted by Gasteiger charge is -2.25. The highest BCUT2D eigenvalue weighted by atomic mass is 16.3. The van der Waals surface area contributed by atoms with Gasteiger partial charge in [0.15, 0.2) is 5.75 Å². The molecule has 4 nitrogen and oxygen atoms in total. The average molecular weight is 234 g/mol. The molecule has 92 valence electrons. The van der Waals surface area contributed by atoms with Crippen molar-refractivity contribution in [2.24, 2.45) is 5.92 Å². The van der Waals surface area contributed by atoms with Gasteiger partial charge < -0.3 is 15.7 Å². The van der Waals surface area contributed by atoms with Crippen molar-refractivity contribution in [2.45, 2.75) is 25.8 Å². The van der Waals surface area contributed by atoms with Gasteiger partial charge in [0, 0.05) is 13.1 Å². The first-order valence-corrected chi connectivity index (χ1v) is 5.87. The maximum absolute atomic E-state index is 12.2. The van der Waals surface area contributed by atoms with Crippen molar-refractivity contribution in [1.29, 1.82) is 0 Å². The molecule has 1 aliphatic carbocycles. The van der Waals surface area contributed by atoms with E-state index in [4.69, 9.17) is 5.73 Å². The lowest BCUT2D eigenvalue weighted by atomic mass is 10.1. The summed E-state index contributed by atoms with van der Waals surface area (Å²) in [4.78, 5) is 13.9. The van der Waals surface area contributed by atoms with Gasteiger partial charge in [-0.3, -0.25) is 4.79 Å². The molecule has 1 atom stereocenters. The van der Waals surface area contributed by atoms with Crippen LogP contribution in [-0.2, 0) is 0 Å². The number of phenolic OH excluding ortho intramolecular Hbond substituents is 1. The van der Waals surface area contributed by atoms with Gasteiger partial charge >= 0.3 is 0 Å². The monoisotopic (exact) mass is 234 g/mol. The maximum atomic E-state index is 12.2. The van der Waals surface area contributed by atoms with E-state index in [0.717, 1.165) is 0 Å². The number of phenols is 1. The Morgan fingerprint density at radius 1 is 1.53 bits per heavy atom. The van der Waals surface area contributed by atoms with Crippen LogP contribution in [0.3, 0.4) is 0 Å². The van der Waals surface area contributed by atoms with E-state index in [0.29, 0.717) is 5.92 Å². The Bertz CT molecular complexity index is 441. The highest BCUT2D eigenvalue weighted by molar-refractivity contribution is 5.98. The molecule has 1 saturated carbocycles. The lowest BCUT2D eigenvalue weighted by Crippen LogP contribution is -2.36. The van der Waals surface area contributed by atoms with Crippen LogP contribution in [0.5, 0.6) is 5.75 Å². The molecule has 1 aliphatic rings. The van der Waals surface area contributed by atoms with Gasteiger partial charge in [-0.1, -0.05) is 6.07 Å². The van der Waals surface area contributed by atoms with Crippen molar-refractivity contribution < 1.29 is 9.90 Å². The third-order valence-electron chi connectivity index (χ3n) is 3.53. The van der Waals surface area contributed by atoms with E-state index >= 15 is 0 Å². The van der Waals surface area contributed by atoms with Crippen LogP contribution in [0.4, 0.5) is 5.69 Å². The fourth-order valence-electron chi connectivity index (χ4n) is 2.00. The van der Waals surface area contributed by atoms with Gasteiger partial charge in [0.25, 0.3) is 5.91 Å². The maximum Gasteiger partial charge on any atom is 0.257 e. The van der Waals surface area contributed by atoms with Gasteiger partial charge in [-0.15, -0.1) is 0 Å². The summed E-state index contributed by atoms with van der Waals surface area (Å²) in [5.74, 6) is 0.314. The van der Waals surface area contributed by atoms with Crippen molar-refractivity contribution >= 4 is 11.6 Å². The van der Waals surface area contributed by atoms with E-state index in [1.165, 1.54) is 12.8 Å². The third kappa shape index (κ3) is 2.20. The van der Waals surface area contributed by atoms with Crippen molar-refractivity contribution in [3.63, 3.8) is 0 Å². The first kappa shape index (κ1) is 11.8. The van der Waals surface area contributed by atoms with Gasteiger partial charge in [-0.25, -0.2) is 0 Å². The second kappa shape index (κ2) is 4.28. The molecule has 4 heteroatoms. The minimum Gasteiger partial charge on any atom is -0.505 e. The summed E-state index contributed by atoms with van der Waals surface area (Å²) in [6, 6.07) is 5.07. The zero-order valence-electron chi connectivity index (χ0n) is 10.2. The van der Waals surface area contributed by atoms with Crippen molar-refractivity contribution in [1.82, 2.24) is 4.90 Å². The van der Waals surface area contributed by atoms with Crippen LogP contribution in [0.15, 0.2) is 18.2 Å². The minimum atomic E-state index is -0.172. The SMILES string of the molecule is CC(C1CC1)N(C)C(=O)c1cccc(N)c1O. The highest BCUT2D eigenvalue weighted by Crippen LogP contribution is 2.35. The topological polar surface area (TPSA) is 66.6 Å². The number of amides is 1. The van der Waals surface area contributed by atoms with Crippen LogP contribution >= 0.6 is 0 Å². The van der Waals surface area contributed by atoms with Gasteiger partial charge in [-0.2, -0.15) is 0 Å². The first-order chi connectivity index (χ1) is 8.02. The zero-order chi connectivity index (χ0) is 12.6. The fourth-order valence-corrected chi connectivity index (χ4v) is 2.00. The quantitative estimate of drug-likeness (QED) is 0.619. The van der Waals surface area contributed by atoms with E-state index in [-0.39, 0.29) is 28.9 Å². The van der Waals surface area contributed by atoms with Crippen molar-refractivity contribution in [3.8, 4) is 5.75 Å². The van der Waals surface area contributed by atoms with Crippen LogP contribution in [0.25, 0.3) is 0 Å². The highest BCUT2D eigenvalue weighted by Gasteiger charge is 2.33. The van der Waals surface area contributed by atoms with Crippen LogP contribution < -0.4 is 5.73 Å². The van der Waals surface area contributed by atoms with Crippen LogP contribution in [0, 0.1) is 5.92 Å². The molecule has 0 aromatic heterocycles. The molecular weight excluding hydrogens is 216 g/mol. The first-order valence-electron chi connectivity index (χ1n) is 5.87. The molecule has 1 fully saturated rings. The summed E-state index contributed by atoms with van der Waals surface area (Å²) in [5, 5.41) is 9.78. The molecule has 0 radical (unpaired) electrons. The molecular formula is C13H18N2O2. The van der Waals surface area contributed by atoms with Crippen LogP contribution in [-0.4, -0.2) is 29.0 Å². The van der Waals surface area contributed by atoms with Crippen molar-refractivity contribution in [3.05, 3.63) is 23.8 Å². The number of carbonyl (C=O) groups is 1. The molecule has 3 N–H and O–H groups in total. The summed E-state index contributed by atoms with van der Waals surface area (Å²) in [7, 11) is 1.77. The Morgan fingerprint density at radius 2 is 2.18 bits per heavy atom. The number of carbonyl (C=O) groups excluding carboxylic acids is 1. The number of aromatic hydroxyl groups is 1. The summed E-state index contributed by atoms with van der Waals surface area (Å²) in [6.45, 7) is 2.04. The van der Waals surface area contributed by atoms with E-state index in [2.05, 4.69) is 0 Å². The number of hydrogen-bond donors (Lipinski definition) is 2. The third-order valence-corrected chi connectivity index (χ3v) is 3.53. The van der Waals surface area contributed by atoms with E-state index in [1.54, 1.807) is 30.1 Å². The molecule has 1 aromatic rings. The average Bonchev–Trinajstić information content (AvgIpc) is 3.14. The standard InChI is InChI=1S/C13H18N2O2/c1-8(9-6-7-9)15(2)13(17)10-4-3-5-11(14)12(10)16/h3-5,8-9,16H,6-7,14H2,1-2H3. The Labute approximate surface area is 101 Å². The molecule has 0 spiro atoms. The number of nitrogens with zero attached hydrogens (tertiary/aromatic N) is 1. The molecule has 1 amide bonds. The fraction of sp³-hybridized carbons (Fsp3) is 0.462. The number of nitrogen functional groups attached to an aromatic ring is 1. The Balaban J connectivity index is 2.21. The van der Waals surface area contributed by atoms with Gasteiger partial charge in [0.2, 0.25) is 0 Å². The molecule has 0 saturated heterocycles. The zero-order valence-corrected chi connectivity index (χ0v) is 10.2. The molecule has 0 heterocycles. The Hall–Kier alpha value is -1.71. The second-order valence-electron chi connectivity index (χ2n) is 4.74. The summed E-state index contributed by atoms with van der Waals surface area (Å²) >= 11 is 0. The van der Waals surface area contributed by atoms with Gasteiger partial charge in [0.05, 0.1) is 11.3 Å². The summed E-state index contributed by atoms with van der Waals surface area (Å²) in [5.41, 5.74) is 6.10. The predicted molar refractivity (Wildman–Crippen MR) is 66.8 cm³/mol. The molecule has 1 unspecified atom stereocenters. The van der Waals surface area contributed by atoms with Gasteiger partial charge in [0.1, 0.15) is 0 Å². The van der Waals surface area contributed by atoms with E-state index in [1.807, 2.05) is 6.92 Å². The Morgan fingerprint density at radius 3 is 2.76 bits per heavy atom. The normalized spacial score (nSPS) is 16.6. The molecule has 17 heavy (non-hydrogen) atoms. The predicted octanol–water partition coefficient (Wildman–Crippen LogP) is 1.84. The molecule has 2 rings (SSSR count). The number of hydrogen-bond acceptors (Lipinski definition) is 3. The number of rotatable bonds is 3. The van der Waals surface area contributed by atoms with Crippen LogP contribution in [0.1, 0.15) is 30.1 Å². The van der Waals surface area contributed by atoms with Crippen molar-refractivity contribution in [2.75, 3.05) is 12.8 Å². The van der Waals surface area contributed by atoms with E-state index < -0.39 is 0 Å². The Kier molecular flexibility index (Phi) is 2.96. The smallest absolute Gasteiger partial charge is 0.257 e. The largest absolute Gasteiger partial charge is 0.505 e. The summed E-state index contributed by atoms with van der Waals surface area (Å²) in [6.07, 6.45) is 2.36.